The van der Waals surface area contributed by atoms with E-state index in [0.717, 1.165) is 13.1 Å². The number of nitrogens with zero attached hydrogens (tertiary/aromatic N) is 1. The van der Waals surface area contributed by atoms with Gasteiger partial charge in [0.05, 0.1) is 19.3 Å². The Hall–Kier alpha value is -1.43. The normalized spacial score (nSPS) is 25.8. The number of aryl methyl sites for hydroxylation is 1. The highest BCUT2D eigenvalue weighted by Gasteiger charge is 2.42. The molecular weight excluding hydrogens is 304 g/mol. The molecule has 2 saturated heterocycles. The van der Waals surface area contributed by atoms with Crippen molar-refractivity contribution in [1.82, 2.24) is 10.2 Å². The number of rotatable bonds is 6. The van der Waals surface area contributed by atoms with Gasteiger partial charge in [0.25, 0.3) is 5.91 Å². The lowest BCUT2D eigenvalue weighted by Crippen LogP contribution is -2.50. The van der Waals surface area contributed by atoms with E-state index in [1.807, 2.05) is 0 Å². The number of methoxy groups -OCH3 is 1. The maximum atomic E-state index is 12.7. The molecule has 0 bridgehead atoms. The second-order valence-electron chi connectivity index (χ2n) is 6.88. The summed E-state index contributed by atoms with van der Waals surface area (Å²) in [6, 6.07) is 8.85. The quantitative estimate of drug-likeness (QED) is 0.866. The smallest absolute Gasteiger partial charge is 0.254 e. The molecule has 5 heteroatoms. The Labute approximate surface area is 144 Å². The van der Waals surface area contributed by atoms with Crippen LogP contribution >= 0.6 is 0 Å². The summed E-state index contributed by atoms with van der Waals surface area (Å²) < 4.78 is 10.9. The van der Waals surface area contributed by atoms with Crippen molar-refractivity contribution in [2.24, 2.45) is 0 Å². The lowest BCUT2D eigenvalue weighted by molar-refractivity contribution is -0.143. The van der Waals surface area contributed by atoms with E-state index >= 15 is 0 Å². The van der Waals surface area contributed by atoms with Gasteiger partial charge in [-0.1, -0.05) is 29.8 Å². The summed E-state index contributed by atoms with van der Waals surface area (Å²) in [5.74, 6) is -0.0567. The third-order valence-electron chi connectivity index (χ3n) is 5.29. The van der Waals surface area contributed by atoms with Crippen molar-refractivity contribution in [3.8, 4) is 0 Å². The Morgan fingerprint density at radius 3 is 2.62 bits per heavy atom. The van der Waals surface area contributed by atoms with Crippen molar-refractivity contribution in [2.75, 3.05) is 40.0 Å². The molecule has 132 valence electrons. The number of likely N-dealkylation sites (tertiary alicyclic amines) is 1. The second-order valence-corrected chi connectivity index (χ2v) is 6.88. The van der Waals surface area contributed by atoms with Gasteiger partial charge >= 0.3 is 0 Å². The number of ether oxygens (including phenoxy) is 2. The average molecular weight is 332 g/mol. The first kappa shape index (κ1) is 17.4. The molecule has 2 atom stereocenters. The highest BCUT2D eigenvalue weighted by molar-refractivity contribution is 5.85. The topological polar surface area (TPSA) is 50.8 Å². The zero-order valence-corrected chi connectivity index (χ0v) is 14.7. The van der Waals surface area contributed by atoms with Crippen LogP contribution in [-0.4, -0.2) is 56.4 Å². The van der Waals surface area contributed by atoms with Crippen molar-refractivity contribution in [3.63, 3.8) is 0 Å². The molecule has 0 unspecified atom stereocenters. The van der Waals surface area contributed by atoms with Crippen LogP contribution in [0.3, 0.4) is 0 Å². The molecule has 2 aliphatic heterocycles. The van der Waals surface area contributed by atoms with E-state index in [-0.39, 0.29) is 11.9 Å². The molecule has 0 saturated carbocycles. The molecule has 1 aromatic rings. The van der Waals surface area contributed by atoms with Gasteiger partial charge in [0.1, 0.15) is 0 Å². The lowest BCUT2D eigenvalue weighted by atomic mass is 10.0. The standard InChI is InChI=1S/C19H28N2O3/c1-15-5-7-16(8-6-15)17(21-10-3-4-11-21)13-20-18(22)19(23-2)9-12-24-14-19/h5-8,17H,3-4,9-14H2,1-2H3,(H,20,22)/t17-,19+/m0/s1. The molecule has 2 aliphatic rings. The first-order valence-electron chi connectivity index (χ1n) is 8.86. The zero-order valence-electron chi connectivity index (χ0n) is 14.7. The molecule has 3 rings (SSSR count). The van der Waals surface area contributed by atoms with Crippen LogP contribution in [0.25, 0.3) is 0 Å². The van der Waals surface area contributed by atoms with Crippen molar-refractivity contribution >= 4 is 5.91 Å². The third kappa shape index (κ3) is 3.63. The minimum absolute atomic E-state index is 0.0567. The number of carbonyl (C=O) groups is 1. The number of hydrogen-bond donors (Lipinski definition) is 1. The highest BCUT2D eigenvalue weighted by atomic mass is 16.6. The van der Waals surface area contributed by atoms with Crippen molar-refractivity contribution < 1.29 is 14.3 Å². The van der Waals surface area contributed by atoms with E-state index in [9.17, 15) is 4.79 Å². The van der Waals surface area contributed by atoms with Gasteiger partial charge in [0.2, 0.25) is 0 Å². The second kappa shape index (κ2) is 7.64. The number of hydrogen-bond acceptors (Lipinski definition) is 4. The number of benzene rings is 1. The molecule has 5 nitrogen and oxygen atoms in total. The van der Waals surface area contributed by atoms with E-state index in [1.165, 1.54) is 24.0 Å². The van der Waals surface area contributed by atoms with Crippen LogP contribution in [0, 0.1) is 6.92 Å². The van der Waals surface area contributed by atoms with E-state index < -0.39 is 5.60 Å². The summed E-state index contributed by atoms with van der Waals surface area (Å²) >= 11 is 0. The van der Waals surface area contributed by atoms with Crippen LogP contribution in [0.5, 0.6) is 0 Å². The van der Waals surface area contributed by atoms with Crippen LogP contribution < -0.4 is 5.32 Å². The van der Waals surface area contributed by atoms with Gasteiger partial charge in [-0.05, 0) is 38.4 Å². The molecule has 0 spiro atoms. The summed E-state index contributed by atoms with van der Waals surface area (Å²) in [6.07, 6.45) is 3.08. The summed E-state index contributed by atoms with van der Waals surface area (Å²) in [6.45, 7) is 5.80. The maximum absolute atomic E-state index is 12.7. The van der Waals surface area contributed by atoms with Gasteiger partial charge in [-0.15, -0.1) is 0 Å². The summed E-state index contributed by atoms with van der Waals surface area (Å²) in [5, 5.41) is 3.12. The first-order valence-corrected chi connectivity index (χ1v) is 8.86. The van der Waals surface area contributed by atoms with Crippen molar-refractivity contribution in [2.45, 2.75) is 37.8 Å². The molecule has 2 fully saturated rings. The Balaban J connectivity index is 1.70. The fourth-order valence-corrected chi connectivity index (χ4v) is 3.63. The molecule has 0 aromatic heterocycles. The largest absolute Gasteiger partial charge is 0.378 e. The highest BCUT2D eigenvalue weighted by Crippen LogP contribution is 2.26. The number of carbonyl (C=O) groups excluding carboxylic acids is 1. The molecule has 0 radical (unpaired) electrons. The van der Waals surface area contributed by atoms with Crippen LogP contribution in [-0.2, 0) is 14.3 Å². The van der Waals surface area contributed by atoms with E-state index in [2.05, 4.69) is 41.4 Å². The number of nitrogens with one attached hydrogen (secondary N) is 1. The zero-order chi connectivity index (χ0) is 17.0. The minimum Gasteiger partial charge on any atom is -0.378 e. The lowest BCUT2D eigenvalue weighted by Gasteiger charge is -2.30. The molecule has 24 heavy (non-hydrogen) atoms. The Bertz CT molecular complexity index is 546. The SMILES string of the molecule is CO[C@]1(C(=O)NC[C@@H](c2ccc(C)cc2)N2CCCC2)CCOC1. The Morgan fingerprint density at radius 2 is 2.04 bits per heavy atom. The van der Waals surface area contributed by atoms with Gasteiger partial charge in [-0.25, -0.2) is 0 Å². The van der Waals surface area contributed by atoms with Crippen molar-refractivity contribution in [3.05, 3.63) is 35.4 Å². The predicted molar refractivity (Wildman–Crippen MR) is 92.9 cm³/mol. The van der Waals surface area contributed by atoms with Crippen LogP contribution in [0.15, 0.2) is 24.3 Å². The summed E-state index contributed by atoms with van der Waals surface area (Å²) in [5.41, 5.74) is 1.70. The fraction of sp³-hybridized carbons (Fsp3) is 0.632. The fourth-order valence-electron chi connectivity index (χ4n) is 3.63. The van der Waals surface area contributed by atoms with E-state index in [4.69, 9.17) is 9.47 Å². The predicted octanol–water partition coefficient (Wildman–Crippen LogP) is 2.05. The molecule has 0 aliphatic carbocycles. The van der Waals surface area contributed by atoms with E-state index in [1.54, 1.807) is 7.11 Å². The van der Waals surface area contributed by atoms with Gasteiger partial charge < -0.3 is 14.8 Å². The molecule has 2 heterocycles. The molecule has 1 amide bonds. The van der Waals surface area contributed by atoms with Gasteiger partial charge in [-0.2, -0.15) is 0 Å². The monoisotopic (exact) mass is 332 g/mol. The maximum Gasteiger partial charge on any atom is 0.254 e. The minimum atomic E-state index is -0.817. The van der Waals surface area contributed by atoms with Gasteiger partial charge in [-0.3, -0.25) is 9.69 Å². The molecule has 1 aromatic carbocycles. The van der Waals surface area contributed by atoms with Crippen LogP contribution in [0.2, 0.25) is 0 Å². The molecular formula is C19H28N2O3. The first-order chi connectivity index (χ1) is 11.6. The summed E-state index contributed by atoms with van der Waals surface area (Å²) in [4.78, 5) is 15.1. The Morgan fingerprint density at radius 1 is 1.33 bits per heavy atom. The third-order valence-corrected chi connectivity index (χ3v) is 5.29. The number of amides is 1. The average Bonchev–Trinajstić information content (AvgIpc) is 3.29. The van der Waals surface area contributed by atoms with Crippen molar-refractivity contribution in [1.29, 1.82) is 0 Å². The van der Waals surface area contributed by atoms with Gasteiger partial charge in [0, 0.05) is 20.1 Å². The van der Waals surface area contributed by atoms with Gasteiger partial charge in [0.15, 0.2) is 5.60 Å². The van der Waals surface area contributed by atoms with Crippen LogP contribution in [0.1, 0.15) is 36.4 Å². The Kier molecular flexibility index (Phi) is 5.54. The molecule has 1 N–H and O–H groups in total. The van der Waals surface area contributed by atoms with E-state index in [0.29, 0.717) is 26.2 Å². The summed E-state index contributed by atoms with van der Waals surface area (Å²) in [7, 11) is 1.59. The van der Waals surface area contributed by atoms with Crippen LogP contribution in [0.4, 0.5) is 0 Å².